The standard InChI is InChI=1S/C16H18O3/c1-12-6-4-5-7-14(12)19-11-13-8-9-15(17-2)16(10-13)18-3/h4-10H,11H2,1-3H3. The molecular weight excluding hydrogens is 240 g/mol. The van der Waals surface area contributed by atoms with Crippen molar-refractivity contribution in [3.8, 4) is 17.2 Å². The third-order valence-corrected chi connectivity index (χ3v) is 2.94. The van der Waals surface area contributed by atoms with E-state index in [9.17, 15) is 0 Å². The highest BCUT2D eigenvalue weighted by Gasteiger charge is 2.05. The number of rotatable bonds is 5. The Balaban J connectivity index is 2.10. The minimum absolute atomic E-state index is 0.505. The summed E-state index contributed by atoms with van der Waals surface area (Å²) < 4.78 is 16.3. The quantitative estimate of drug-likeness (QED) is 0.820. The molecule has 0 unspecified atom stereocenters. The lowest BCUT2D eigenvalue weighted by Gasteiger charge is -2.11. The van der Waals surface area contributed by atoms with Gasteiger partial charge in [-0.15, -0.1) is 0 Å². The van der Waals surface area contributed by atoms with Crippen LogP contribution in [0.15, 0.2) is 42.5 Å². The van der Waals surface area contributed by atoms with E-state index in [1.807, 2.05) is 49.4 Å². The van der Waals surface area contributed by atoms with Gasteiger partial charge in [-0.05, 0) is 36.2 Å². The van der Waals surface area contributed by atoms with Crippen LogP contribution in [0, 0.1) is 6.92 Å². The molecule has 2 aromatic carbocycles. The van der Waals surface area contributed by atoms with Crippen molar-refractivity contribution in [2.24, 2.45) is 0 Å². The summed E-state index contributed by atoms with van der Waals surface area (Å²) in [4.78, 5) is 0. The lowest BCUT2D eigenvalue weighted by Crippen LogP contribution is -1.98. The monoisotopic (exact) mass is 258 g/mol. The number of hydrogen-bond donors (Lipinski definition) is 0. The van der Waals surface area contributed by atoms with Gasteiger partial charge in [0.15, 0.2) is 11.5 Å². The number of para-hydroxylation sites is 1. The third kappa shape index (κ3) is 3.19. The largest absolute Gasteiger partial charge is 0.493 e. The molecule has 0 saturated carbocycles. The van der Waals surface area contributed by atoms with E-state index in [-0.39, 0.29) is 0 Å². The van der Waals surface area contributed by atoms with Crippen molar-refractivity contribution in [3.63, 3.8) is 0 Å². The van der Waals surface area contributed by atoms with Crippen molar-refractivity contribution < 1.29 is 14.2 Å². The highest BCUT2D eigenvalue weighted by Crippen LogP contribution is 2.28. The Kier molecular flexibility index (Phi) is 4.29. The molecule has 2 aromatic rings. The molecule has 0 aliphatic rings. The van der Waals surface area contributed by atoms with Gasteiger partial charge >= 0.3 is 0 Å². The zero-order chi connectivity index (χ0) is 13.7. The van der Waals surface area contributed by atoms with Gasteiger partial charge < -0.3 is 14.2 Å². The number of methoxy groups -OCH3 is 2. The van der Waals surface area contributed by atoms with Gasteiger partial charge in [0.2, 0.25) is 0 Å². The first-order chi connectivity index (χ1) is 9.24. The summed E-state index contributed by atoms with van der Waals surface area (Å²) >= 11 is 0. The summed E-state index contributed by atoms with van der Waals surface area (Å²) in [7, 11) is 3.26. The maximum Gasteiger partial charge on any atom is 0.161 e. The fourth-order valence-corrected chi connectivity index (χ4v) is 1.85. The lowest BCUT2D eigenvalue weighted by atomic mass is 10.2. The van der Waals surface area contributed by atoms with Crippen molar-refractivity contribution in [1.29, 1.82) is 0 Å². The van der Waals surface area contributed by atoms with Crippen LogP contribution in [0.25, 0.3) is 0 Å². The van der Waals surface area contributed by atoms with Crippen molar-refractivity contribution in [2.75, 3.05) is 14.2 Å². The van der Waals surface area contributed by atoms with Gasteiger partial charge in [0.25, 0.3) is 0 Å². The van der Waals surface area contributed by atoms with E-state index in [1.165, 1.54) is 0 Å². The second kappa shape index (κ2) is 6.14. The Hall–Kier alpha value is -2.16. The van der Waals surface area contributed by atoms with Crippen LogP contribution < -0.4 is 14.2 Å². The first kappa shape index (κ1) is 13.3. The minimum atomic E-state index is 0.505. The predicted molar refractivity (Wildman–Crippen MR) is 75.1 cm³/mol. The zero-order valence-corrected chi connectivity index (χ0v) is 11.5. The van der Waals surface area contributed by atoms with Crippen LogP contribution in [-0.2, 0) is 6.61 Å². The van der Waals surface area contributed by atoms with Crippen LogP contribution in [0.3, 0.4) is 0 Å². The Bertz CT molecular complexity index is 549. The van der Waals surface area contributed by atoms with Gasteiger partial charge in [-0.1, -0.05) is 24.3 Å². The summed E-state index contributed by atoms with van der Waals surface area (Å²) in [6, 6.07) is 13.8. The zero-order valence-electron chi connectivity index (χ0n) is 11.5. The van der Waals surface area contributed by atoms with E-state index in [2.05, 4.69) is 0 Å². The summed E-state index contributed by atoms with van der Waals surface area (Å²) in [6.07, 6.45) is 0. The molecule has 0 aliphatic heterocycles. The molecule has 0 spiro atoms. The molecule has 3 nitrogen and oxygen atoms in total. The molecule has 0 saturated heterocycles. The van der Waals surface area contributed by atoms with Crippen molar-refractivity contribution in [1.82, 2.24) is 0 Å². The maximum atomic E-state index is 5.80. The maximum absolute atomic E-state index is 5.80. The number of benzene rings is 2. The SMILES string of the molecule is COc1ccc(COc2ccccc2C)cc1OC. The Morgan fingerprint density at radius 2 is 1.58 bits per heavy atom. The first-order valence-corrected chi connectivity index (χ1v) is 6.14. The topological polar surface area (TPSA) is 27.7 Å². The highest BCUT2D eigenvalue weighted by molar-refractivity contribution is 5.43. The van der Waals surface area contributed by atoms with E-state index < -0.39 is 0 Å². The minimum Gasteiger partial charge on any atom is -0.493 e. The summed E-state index contributed by atoms with van der Waals surface area (Å²) in [5, 5.41) is 0. The van der Waals surface area contributed by atoms with Gasteiger partial charge in [0, 0.05) is 0 Å². The molecule has 0 radical (unpaired) electrons. The average Bonchev–Trinajstić information content (AvgIpc) is 2.46. The molecule has 3 heteroatoms. The number of hydrogen-bond acceptors (Lipinski definition) is 3. The fourth-order valence-electron chi connectivity index (χ4n) is 1.85. The van der Waals surface area contributed by atoms with E-state index in [0.29, 0.717) is 12.4 Å². The molecule has 100 valence electrons. The fraction of sp³-hybridized carbons (Fsp3) is 0.250. The Morgan fingerprint density at radius 3 is 2.26 bits per heavy atom. The Labute approximate surface area is 113 Å². The normalized spacial score (nSPS) is 10.1. The van der Waals surface area contributed by atoms with Gasteiger partial charge in [-0.3, -0.25) is 0 Å². The van der Waals surface area contributed by atoms with Crippen molar-refractivity contribution >= 4 is 0 Å². The van der Waals surface area contributed by atoms with Crippen LogP contribution >= 0.6 is 0 Å². The molecule has 0 aliphatic carbocycles. The van der Waals surface area contributed by atoms with Crippen LogP contribution in [-0.4, -0.2) is 14.2 Å². The summed E-state index contributed by atoms with van der Waals surface area (Å²) in [5.74, 6) is 2.34. The molecule has 0 aromatic heterocycles. The van der Waals surface area contributed by atoms with Crippen LogP contribution in [0.2, 0.25) is 0 Å². The molecule has 0 atom stereocenters. The molecule has 19 heavy (non-hydrogen) atoms. The van der Waals surface area contributed by atoms with E-state index in [1.54, 1.807) is 14.2 Å². The van der Waals surface area contributed by atoms with E-state index in [0.717, 1.165) is 22.6 Å². The molecule has 2 rings (SSSR count). The van der Waals surface area contributed by atoms with Crippen LogP contribution in [0.4, 0.5) is 0 Å². The van der Waals surface area contributed by atoms with Crippen molar-refractivity contribution in [3.05, 3.63) is 53.6 Å². The third-order valence-electron chi connectivity index (χ3n) is 2.94. The van der Waals surface area contributed by atoms with Crippen LogP contribution in [0.5, 0.6) is 17.2 Å². The van der Waals surface area contributed by atoms with E-state index >= 15 is 0 Å². The highest BCUT2D eigenvalue weighted by atomic mass is 16.5. The second-order valence-corrected chi connectivity index (χ2v) is 4.24. The molecule has 0 fully saturated rings. The molecular formula is C16H18O3. The molecule has 0 N–H and O–H groups in total. The molecule has 0 heterocycles. The second-order valence-electron chi connectivity index (χ2n) is 4.24. The van der Waals surface area contributed by atoms with Crippen LogP contribution in [0.1, 0.15) is 11.1 Å². The average molecular weight is 258 g/mol. The molecule has 0 amide bonds. The summed E-state index contributed by atoms with van der Waals surface area (Å²) in [6.45, 7) is 2.54. The molecule has 0 bridgehead atoms. The number of aryl methyl sites for hydroxylation is 1. The van der Waals surface area contributed by atoms with Gasteiger partial charge in [0.05, 0.1) is 14.2 Å². The van der Waals surface area contributed by atoms with Gasteiger partial charge in [0.1, 0.15) is 12.4 Å². The van der Waals surface area contributed by atoms with Gasteiger partial charge in [-0.2, -0.15) is 0 Å². The lowest BCUT2D eigenvalue weighted by molar-refractivity contribution is 0.302. The van der Waals surface area contributed by atoms with Gasteiger partial charge in [-0.25, -0.2) is 0 Å². The predicted octanol–water partition coefficient (Wildman–Crippen LogP) is 3.59. The van der Waals surface area contributed by atoms with Crippen molar-refractivity contribution in [2.45, 2.75) is 13.5 Å². The first-order valence-electron chi connectivity index (χ1n) is 6.14. The summed E-state index contributed by atoms with van der Waals surface area (Å²) in [5.41, 5.74) is 2.17. The number of ether oxygens (including phenoxy) is 3. The Morgan fingerprint density at radius 1 is 0.842 bits per heavy atom. The smallest absolute Gasteiger partial charge is 0.161 e. The van der Waals surface area contributed by atoms with E-state index in [4.69, 9.17) is 14.2 Å².